The number of piperidine rings is 1. The summed E-state index contributed by atoms with van der Waals surface area (Å²) in [5.74, 6) is -0.329. The summed E-state index contributed by atoms with van der Waals surface area (Å²) in [6.45, 7) is 4.13. The number of carbonyl (C=O) groups excluding carboxylic acids is 1. The SMILES string of the molecule is COc1ccc(S(=O)(=O)N2CCC[C@@H](C)C2)cc1N1CCN(C(=O)c2ccccc2OC(F)(F)F)CC1. The van der Waals surface area contributed by atoms with Crippen LogP contribution in [0.5, 0.6) is 11.5 Å². The third-order valence-electron chi connectivity index (χ3n) is 6.66. The summed E-state index contributed by atoms with van der Waals surface area (Å²) in [5.41, 5.74) is 0.413. The van der Waals surface area contributed by atoms with Crippen LogP contribution in [0.1, 0.15) is 30.1 Å². The van der Waals surface area contributed by atoms with Crippen molar-refractivity contribution in [2.75, 3.05) is 51.3 Å². The molecule has 12 heteroatoms. The van der Waals surface area contributed by atoms with Gasteiger partial charge in [0.1, 0.15) is 11.5 Å². The van der Waals surface area contributed by atoms with Crippen LogP contribution in [-0.4, -0.2) is 76.3 Å². The van der Waals surface area contributed by atoms with E-state index in [0.717, 1.165) is 18.9 Å². The highest BCUT2D eigenvalue weighted by atomic mass is 32.2. The fraction of sp³-hybridized carbons (Fsp3) is 0.480. The summed E-state index contributed by atoms with van der Waals surface area (Å²) in [7, 11) is -2.18. The number of anilines is 1. The third kappa shape index (κ3) is 6.12. The van der Waals surface area contributed by atoms with E-state index in [2.05, 4.69) is 4.74 Å². The summed E-state index contributed by atoms with van der Waals surface area (Å²) < 4.78 is 76.0. The van der Waals surface area contributed by atoms with E-state index in [4.69, 9.17) is 4.74 Å². The van der Waals surface area contributed by atoms with E-state index in [-0.39, 0.29) is 23.5 Å². The van der Waals surface area contributed by atoms with Gasteiger partial charge in [-0.25, -0.2) is 8.42 Å². The zero-order valence-electron chi connectivity index (χ0n) is 20.7. The van der Waals surface area contributed by atoms with E-state index in [9.17, 15) is 26.4 Å². The van der Waals surface area contributed by atoms with Gasteiger partial charge < -0.3 is 19.3 Å². The van der Waals surface area contributed by atoms with Gasteiger partial charge in [-0.3, -0.25) is 4.79 Å². The number of carbonyl (C=O) groups is 1. The summed E-state index contributed by atoms with van der Waals surface area (Å²) in [6, 6.07) is 10.0. The molecular formula is C25H30F3N3O5S. The molecule has 0 radical (unpaired) electrons. The maximum Gasteiger partial charge on any atom is 0.573 e. The Hall–Kier alpha value is -2.99. The van der Waals surface area contributed by atoms with Gasteiger partial charge in [-0.05, 0) is 49.1 Å². The van der Waals surface area contributed by atoms with Crippen molar-refractivity contribution in [2.45, 2.75) is 31.0 Å². The van der Waals surface area contributed by atoms with Crippen molar-refractivity contribution < 1.29 is 35.9 Å². The lowest BCUT2D eigenvalue weighted by Gasteiger charge is -2.37. The highest BCUT2D eigenvalue weighted by molar-refractivity contribution is 7.89. The van der Waals surface area contributed by atoms with Crippen molar-refractivity contribution in [1.82, 2.24) is 9.21 Å². The molecule has 8 nitrogen and oxygen atoms in total. The van der Waals surface area contributed by atoms with Crippen LogP contribution in [0.2, 0.25) is 0 Å². The van der Waals surface area contributed by atoms with Gasteiger partial charge in [0, 0.05) is 39.3 Å². The van der Waals surface area contributed by atoms with Crippen LogP contribution in [-0.2, 0) is 10.0 Å². The number of rotatable bonds is 6. The minimum absolute atomic E-state index is 0.172. The van der Waals surface area contributed by atoms with E-state index in [1.807, 2.05) is 11.8 Å². The molecule has 4 rings (SSSR count). The van der Waals surface area contributed by atoms with Crippen molar-refractivity contribution >= 4 is 21.6 Å². The van der Waals surface area contributed by atoms with Crippen LogP contribution in [0.25, 0.3) is 0 Å². The molecule has 202 valence electrons. The number of nitrogens with zero attached hydrogens (tertiary/aromatic N) is 3. The molecule has 2 aliphatic heterocycles. The molecule has 0 bridgehead atoms. The first kappa shape index (κ1) is 27.1. The Labute approximate surface area is 214 Å². The van der Waals surface area contributed by atoms with Gasteiger partial charge in [-0.1, -0.05) is 19.1 Å². The van der Waals surface area contributed by atoms with Gasteiger partial charge in [0.25, 0.3) is 5.91 Å². The van der Waals surface area contributed by atoms with Crippen LogP contribution in [0, 0.1) is 5.92 Å². The Morgan fingerprint density at radius 3 is 2.35 bits per heavy atom. The quantitative estimate of drug-likeness (QED) is 0.551. The van der Waals surface area contributed by atoms with Gasteiger partial charge in [0.15, 0.2) is 0 Å². The number of sulfonamides is 1. The second-order valence-corrected chi connectivity index (χ2v) is 11.2. The van der Waals surface area contributed by atoms with E-state index < -0.39 is 28.0 Å². The first-order valence-corrected chi connectivity index (χ1v) is 13.5. The van der Waals surface area contributed by atoms with Crippen molar-refractivity contribution in [3.63, 3.8) is 0 Å². The molecule has 37 heavy (non-hydrogen) atoms. The van der Waals surface area contributed by atoms with Gasteiger partial charge in [0.2, 0.25) is 10.0 Å². The van der Waals surface area contributed by atoms with Gasteiger partial charge in [0.05, 0.1) is 23.3 Å². The average Bonchev–Trinajstić information content (AvgIpc) is 2.87. The molecule has 2 heterocycles. The van der Waals surface area contributed by atoms with E-state index in [1.165, 1.54) is 40.6 Å². The zero-order chi connectivity index (χ0) is 26.8. The number of piperazine rings is 1. The van der Waals surface area contributed by atoms with Crippen molar-refractivity contribution in [3.8, 4) is 11.5 Å². The molecule has 0 aliphatic carbocycles. The predicted octanol–water partition coefficient (Wildman–Crippen LogP) is 3.98. The Kier molecular flexibility index (Phi) is 7.88. The van der Waals surface area contributed by atoms with E-state index >= 15 is 0 Å². The summed E-state index contributed by atoms with van der Waals surface area (Å²) >= 11 is 0. The molecule has 2 saturated heterocycles. The number of amides is 1. The first-order valence-electron chi connectivity index (χ1n) is 12.1. The van der Waals surface area contributed by atoms with Crippen LogP contribution >= 0.6 is 0 Å². The maximum absolute atomic E-state index is 13.3. The number of hydrogen-bond donors (Lipinski definition) is 0. The largest absolute Gasteiger partial charge is 0.573 e. The Balaban J connectivity index is 1.51. The molecule has 0 N–H and O–H groups in total. The number of ether oxygens (including phenoxy) is 2. The topological polar surface area (TPSA) is 79.4 Å². The Bertz CT molecular complexity index is 1230. The van der Waals surface area contributed by atoms with Crippen LogP contribution in [0.15, 0.2) is 47.4 Å². The van der Waals surface area contributed by atoms with E-state index in [0.29, 0.717) is 43.5 Å². The Morgan fingerprint density at radius 1 is 1.00 bits per heavy atom. The molecule has 0 unspecified atom stereocenters. The second kappa shape index (κ2) is 10.8. The van der Waals surface area contributed by atoms with Crippen molar-refractivity contribution in [2.24, 2.45) is 5.92 Å². The summed E-state index contributed by atoms with van der Waals surface area (Å²) in [5, 5.41) is 0. The predicted molar refractivity (Wildman–Crippen MR) is 131 cm³/mol. The molecule has 0 aromatic heterocycles. The minimum Gasteiger partial charge on any atom is -0.495 e. The number of hydrogen-bond acceptors (Lipinski definition) is 6. The average molecular weight is 542 g/mol. The van der Waals surface area contributed by atoms with Gasteiger partial charge in [-0.2, -0.15) is 4.31 Å². The van der Waals surface area contributed by atoms with Gasteiger partial charge in [-0.15, -0.1) is 13.2 Å². The van der Waals surface area contributed by atoms with Crippen molar-refractivity contribution in [1.29, 1.82) is 0 Å². The molecule has 1 amide bonds. The van der Waals surface area contributed by atoms with Crippen LogP contribution in [0.4, 0.5) is 18.9 Å². The molecule has 0 spiro atoms. The number of benzene rings is 2. The monoisotopic (exact) mass is 541 g/mol. The molecular weight excluding hydrogens is 511 g/mol. The fourth-order valence-electron chi connectivity index (χ4n) is 4.77. The highest BCUT2D eigenvalue weighted by Gasteiger charge is 2.34. The summed E-state index contributed by atoms with van der Waals surface area (Å²) in [6.07, 6.45) is -3.10. The second-order valence-electron chi connectivity index (χ2n) is 9.27. The Morgan fingerprint density at radius 2 is 1.70 bits per heavy atom. The van der Waals surface area contributed by atoms with Crippen molar-refractivity contribution in [3.05, 3.63) is 48.0 Å². The van der Waals surface area contributed by atoms with Crippen LogP contribution < -0.4 is 14.4 Å². The lowest BCUT2D eigenvalue weighted by Crippen LogP contribution is -2.49. The molecule has 2 aromatic carbocycles. The third-order valence-corrected chi connectivity index (χ3v) is 8.52. The number of halogens is 3. The number of para-hydroxylation sites is 1. The number of alkyl halides is 3. The first-order chi connectivity index (χ1) is 17.5. The maximum atomic E-state index is 13.3. The fourth-order valence-corrected chi connectivity index (χ4v) is 6.39. The molecule has 0 saturated carbocycles. The lowest BCUT2D eigenvalue weighted by molar-refractivity contribution is -0.274. The molecule has 2 aliphatic rings. The number of methoxy groups -OCH3 is 1. The molecule has 1 atom stereocenters. The lowest BCUT2D eigenvalue weighted by atomic mass is 10.0. The zero-order valence-corrected chi connectivity index (χ0v) is 21.5. The highest BCUT2D eigenvalue weighted by Crippen LogP contribution is 2.34. The van der Waals surface area contributed by atoms with Crippen LogP contribution in [0.3, 0.4) is 0 Å². The summed E-state index contributed by atoms with van der Waals surface area (Å²) in [4.78, 5) is 16.6. The normalized spacial score (nSPS) is 19.5. The molecule has 2 fully saturated rings. The minimum atomic E-state index is -4.91. The molecule has 2 aromatic rings. The van der Waals surface area contributed by atoms with E-state index in [1.54, 1.807) is 12.1 Å². The smallest absolute Gasteiger partial charge is 0.495 e. The van der Waals surface area contributed by atoms with Gasteiger partial charge >= 0.3 is 6.36 Å². The standard InChI is InChI=1S/C25H30F3N3O5S/c1-18-6-5-11-31(17-18)37(33,34)19-9-10-23(35-2)21(16-19)29-12-14-30(15-13-29)24(32)20-7-3-4-8-22(20)36-25(26,27)28/h3-4,7-10,16,18H,5-6,11-15,17H2,1-2H3/t18-/m1/s1.